The number of aryl methyl sites for hydroxylation is 2. The van der Waals surface area contributed by atoms with Gasteiger partial charge in [0, 0.05) is 25.1 Å². The Labute approximate surface area is 169 Å². The van der Waals surface area contributed by atoms with Gasteiger partial charge in [-0.3, -0.25) is 9.59 Å². The molecule has 0 bridgehead atoms. The first-order valence-electron chi connectivity index (χ1n) is 9.71. The van der Waals surface area contributed by atoms with Crippen molar-refractivity contribution in [3.8, 4) is 5.75 Å². The van der Waals surface area contributed by atoms with Gasteiger partial charge in [-0.2, -0.15) is 0 Å². The zero-order chi connectivity index (χ0) is 20.6. The molecule has 1 aromatic heterocycles. The fourth-order valence-corrected chi connectivity index (χ4v) is 3.08. The SMILES string of the molecule is Cc1cccc(C)c1OCCCC(=O)NCCNC(=O)c1ccc2nc[nH]c2c1. The normalized spacial score (nSPS) is 10.7. The lowest BCUT2D eigenvalue weighted by Gasteiger charge is -2.12. The third-order valence-corrected chi connectivity index (χ3v) is 4.62. The summed E-state index contributed by atoms with van der Waals surface area (Å²) in [6, 6.07) is 11.3. The quantitative estimate of drug-likeness (QED) is 0.486. The number of benzene rings is 2. The molecular weight excluding hydrogens is 368 g/mol. The van der Waals surface area contributed by atoms with E-state index in [2.05, 4.69) is 20.6 Å². The van der Waals surface area contributed by atoms with Crippen molar-refractivity contribution in [2.75, 3.05) is 19.7 Å². The van der Waals surface area contributed by atoms with Crippen LogP contribution in [-0.4, -0.2) is 41.5 Å². The number of hydrogen-bond donors (Lipinski definition) is 3. The summed E-state index contributed by atoms with van der Waals surface area (Å²) < 4.78 is 5.80. The van der Waals surface area contributed by atoms with Crippen molar-refractivity contribution in [1.82, 2.24) is 20.6 Å². The van der Waals surface area contributed by atoms with Crippen LogP contribution in [0, 0.1) is 13.8 Å². The molecule has 0 atom stereocenters. The predicted molar refractivity (Wildman–Crippen MR) is 112 cm³/mol. The summed E-state index contributed by atoms with van der Waals surface area (Å²) in [7, 11) is 0. The molecule has 0 aliphatic rings. The molecule has 29 heavy (non-hydrogen) atoms. The first-order valence-corrected chi connectivity index (χ1v) is 9.71. The van der Waals surface area contributed by atoms with Crippen LogP contribution in [-0.2, 0) is 4.79 Å². The van der Waals surface area contributed by atoms with Crippen LogP contribution in [0.4, 0.5) is 0 Å². The molecule has 0 saturated carbocycles. The molecule has 0 fully saturated rings. The molecule has 7 nitrogen and oxygen atoms in total. The van der Waals surface area contributed by atoms with Crippen LogP contribution in [0.3, 0.4) is 0 Å². The molecule has 1 heterocycles. The van der Waals surface area contributed by atoms with Gasteiger partial charge in [0.15, 0.2) is 0 Å². The average Bonchev–Trinajstić information content (AvgIpc) is 3.18. The fourth-order valence-electron chi connectivity index (χ4n) is 3.08. The molecule has 7 heteroatoms. The van der Waals surface area contributed by atoms with E-state index >= 15 is 0 Å². The highest BCUT2D eigenvalue weighted by Crippen LogP contribution is 2.22. The summed E-state index contributed by atoms with van der Waals surface area (Å²) in [4.78, 5) is 31.2. The molecule has 3 N–H and O–H groups in total. The number of ether oxygens (including phenoxy) is 1. The van der Waals surface area contributed by atoms with Gasteiger partial charge in [0.1, 0.15) is 5.75 Å². The molecule has 2 aromatic carbocycles. The van der Waals surface area contributed by atoms with E-state index in [0.717, 1.165) is 27.9 Å². The lowest BCUT2D eigenvalue weighted by Crippen LogP contribution is -2.34. The zero-order valence-electron chi connectivity index (χ0n) is 16.7. The van der Waals surface area contributed by atoms with Crippen LogP contribution < -0.4 is 15.4 Å². The van der Waals surface area contributed by atoms with Crippen molar-refractivity contribution in [2.45, 2.75) is 26.7 Å². The Balaban J connectivity index is 1.31. The molecule has 3 rings (SSSR count). The van der Waals surface area contributed by atoms with E-state index < -0.39 is 0 Å². The second kappa shape index (κ2) is 9.73. The Morgan fingerprint density at radius 1 is 1.07 bits per heavy atom. The van der Waals surface area contributed by atoms with Gasteiger partial charge in [-0.05, 0) is 49.6 Å². The van der Waals surface area contributed by atoms with Crippen molar-refractivity contribution in [1.29, 1.82) is 0 Å². The Morgan fingerprint density at radius 3 is 2.62 bits per heavy atom. The number of para-hydroxylation sites is 1. The van der Waals surface area contributed by atoms with Gasteiger partial charge in [0.25, 0.3) is 5.91 Å². The average molecular weight is 394 g/mol. The first-order chi connectivity index (χ1) is 14.0. The van der Waals surface area contributed by atoms with Crippen LogP contribution in [0.15, 0.2) is 42.7 Å². The highest BCUT2D eigenvalue weighted by atomic mass is 16.5. The molecular formula is C22H26N4O3. The second-order valence-corrected chi connectivity index (χ2v) is 6.91. The van der Waals surface area contributed by atoms with Crippen LogP contribution in [0.2, 0.25) is 0 Å². The van der Waals surface area contributed by atoms with Gasteiger partial charge in [-0.1, -0.05) is 18.2 Å². The standard InChI is InChI=1S/C22H26N4O3/c1-15-5-3-6-16(2)21(15)29-12-4-7-20(27)23-10-11-24-22(28)17-8-9-18-19(13-17)26-14-25-18/h3,5-6,8-9,13-14H,4,7,10-12H2,1-2H3,(H,23,27)(H,24,28)(H,25,26). The van der Waals surface area contributed by atoms with Gasteiger partial charge in [0.2, 0.25) is 5.91 Å². The Bertz CT molecular complexity index is 976. The van der Waals surface area contributed by atoms with Gasteiger partial charge >= 0.3 is 0 Å². The van der Waals surface area contributed by atoms with Crippen LogP contribution >= 0.6 is 0 Å². The molecule has 0 radical (unpaired) electrons. The Kier molecular flexibility index (Phi) is 6.84. The largest absolute Gasteiger partial charge is 0.493 e. The van der Waals surface area contributed by atoms with Crippen LogP contribution in [0.5, 0.6) is 5.75 Å². The first kappa shape index (κ1) is 20.4. The van der Waals surface area contributed by atoms with Crippen molar-refractivity contribution >= 4 is 22.8 Å². The maximum absolute atomic E-state index is 12.2. The molecule has 0 spiro atoms. The zero-order valence-corrected chi connectivity index (χ0v) is 16.7. The topological polar surface area (TPSA) is 96.1 Å². The van der Waals surface area contributed by atoms with E-state index in [-0.39, 0.29) is 11.8 Å². The van der Waals surface area contributed by atoms with E-state index in [0.29, 0.717) is 38.1 Å². The second-order valence-electron chi connectivity index (χ2n) is 6.91. The molecule has 0 unspecified atom stereocenters. The lowest BCUT2D eigenvalue weighted by molar-refractivity contribution is -0.121. The van der Waals surface area contributed by atoms with Crippen molar-refractivity contribution in [2.24, 2.45) is 0 Å². The number of carbonyl (C=O) groups is 2. The lowest BCUT2D eigenvalue weighted by atomic mass is 10.1. The maximum atomic E-state index is 12.2. The summed E-state index contributed by atoms with van der Waals surface area (Å²) in [5, 5.41) is 5.61. The number of H-pyrrole nitrogens is 1. The summed E-state index contributed by atoms with van der Waals surface area (Å²) in [5.41, 5.74) is 4.37. The Morgan fingerprint density at radius 2 is 1.83 bits per heavy atom. The monoisotopic (exact) mass is 394 g/mol. The number of rotatable bonds is 9. The van der Waals surface area contributed by atoms with E-state index in [1.165, 1.54) is 0 Å². The molecule has 0 saturated heterocycles. The van der Waals surface area contributed by atoms with Crippen molar-refractivity contribution in [3.63, 3.8) is 0 Å². The van der Waals surface area contributed by atoms with Gasteiger partial charge in [-0.15, -0.1) is 0 Å². The minimum atomic E-state index is -0.183. The molecule has 0 aliphatic heterocycles. The fraction of sp³-hybridized carbons (Fsp3) is 0.318. The number of hydrogen-bond acceptors (Lipinski definition) is 4. The van der Waals surface area contributed by atoms with Crippen LogP contribution in [0.1, 0.15) is 34.3 Å². The third-order valence-electron chi connectivity index (χ3n) is 4.62. The number of imidazole rings is 1. The van der Waals surface area contributed by atoms with Gasteiger partial charge in [0.05, 0.1) is 24.0 Å². The van der Waals surface area contributed by atoms with Crippen molar-refractivity contribution in [3.05, 3.63) is 59.4 Å². The molecule has 152 valence electrons. The Hall–Kier alpha value is -3.35. The van der Waals surface area contributed by atoms with Crippen molar-refractivity contribution < 1.29 is 14.3 Å². The number of fused-ring (bicyclic) bond motifs is 1. The summed E-state index contributed by atoms with van der Waals surface area (Å²) in [5.74, 6) is 0.657. The minimum Gasteiger partial charge on any atom is -0.493 e. The van der Waals surface area contributed by atoms with Gasteiger partial charge in [-0.25, -0.2) is 4.98 Å². The van der Waals surface area contributed by atoms with E-state index in [4.69, 9.17) is 4.74 Å². The molecule has 2 amide bonds. The summed E-state index contributed by atoms with van der Waals surface area (Å²) >= 11 is 0. The predicted octanol–water partition coefficient (Wildman–Crippen LogP) is 2.88. The maximum Gasteiger partial charge on any atom is 0.251 e. The highest BCUT2D eigenvalue weighted by molar-refractivity contribution is 5.97. The molecule has 3 aromatic rings. The number of aromatic nitrogens is 2. The third kappa shape index (κ3) is 5.57. The van der Waals surface area contributed by atoms with E-state index in [1.807, 2.05) is 32.0 Å². The number of carbonyl (C=O) groups excluding carboxylic acids is 2. The summed E-state index contributed by atoms with van der Waals surface area (Å²) in [6.45, 7) is 5.26. The van der Waals surface area contributed by atoms with E-state index in [9.17, 15) is 9.59 Å². The molecule has 0 aliphatic carbocycles. The highest BCUT2D eigenvalue weighted by Gasteiger charge is 2.08. The number of nitrogens with zero attached hydrogens (tertiary/aromatic N) is 1. The van der Waals surface area contributed by atoms with Crippen LogP contribution in [0.25, 0.3) is 11.0 Å². The number of nitrogens with one attached hydrogen (secondary N) is 3. The van der Waals surface area contributed by atoms with Gasteiger partial charge < -0.3 is 20.4 Å². The van der Waals surface area contributed by atoms with E-state index in [1.54, 1.807) is 24.5 Å². The smallest absolute Gasteiger partial charge is 0.251 e. The minimum absolute atomic E-state index is 0.0526. The number of amides is 2. The summed E-state index contributed by atoms with van der Waals surface area (Å²) in [6.07, 6.45) is 2.61. The number of aromatic amines is 1.